The van der Waals surface area contributed by atoms with Gasteiger partial charge in [0, 0.05) is 32.0 Å². The van der Waals surface area contributed by atoms with Gasteiger partial charge >= 0.3 is 0 Å². The van der Waals surface area contributed by atoms with E-state index in [1.54, 1.807) is 16.4 Å². The number of hydrogen-bond acceptors (Lipinski definition) is 4. The molecule has 1 saturated heterocycles. The number of carbonyl (C=O) groups excluding carboxylic acids is 1. The zero-order chi connectivity index (χ0) is 21.7. The molecular formula is C24H30N2O4S. The molecule has 2 aromatic rings. The molecule has 0 saturated carbocycles. The number of aryl methyl sites for hydroxylation is 1. The maximum atomic E-state index is 12.7. The number of rotatable bonds is 7. The topological polar surface area (TPSA) is 75.7 Å². The first-order valence-corrected chi connectivity index (χ1v) is 12.5. The van der Waals surface area contributed by atoms with Crippen LogP contribution in [0.15, 0.2) is 53.4 Å². The zero-order valence-electron chi connectivity index (χ0n) is 17.8. The van der Waals surface area contributed by atoms with Crippen LogP contribution in [0.3, 0.4) is 0 Å². The molecule has 31 heavy (non-hydrogen) atoms. The van der Waals surface area contributed by atoms with Crippen molar-refractivity contribution in [1.82, 2.24) is 9.62 Å². The first kappa shape index (κ1) is 21.8. The Bertz CT molecular complexity index is 998. The average Bonchev–Trinajstić information content (AvgIpc) is 2.82. The highest BCUT2D eigenvalue weighted by atomic mass is 32.2. The standard InChI is InChI=1S/C24H30N2O4S/c27-24(25-17-20-16-21-6-2-3-7-23(21)30-18-20)13-10-19-8-11-22(12-9-19)31(28,29)26-14-4-1-5-15-26/h2-3,6-9,11-12,20H,1,4-5,10,13-18H2,(H,25,27). The van der Waals surface area contributed by atoms with E-state index in [2.05, 4.69) is 11.4 Å². The fourth-order valence-corrected chi connectivity index (χ4v) is 5.73. The van der Waals surface area contributed by atoms with E-state index < -0.39 is 10.0 Å². The third-order valence-corrected chi connectivity index (χ3v) is 7.97. The maximum absolute atomic E-state index is 12.7. The minimum Gasteiger partial charge on any atom is -0.493 e. The molecule has 2 aliphatic heterocycles. The summed E-state index contributed by atoms with van der Waals surface area (Å²) in [5.74, 6) is 1.22. The highest BCUT2D eigenvalue weighted by molar-refractivity contribution is 7.89. The van der Waals surface area contributed by atoms with Crippen LogP contribution >= 0.6 is 0 Å². The Hall–Kier alpha value is -2.38. The summed E-state index contributed by atoms with van der Waals surface area (Å²) in [6, 6.07) is 15.0. The predicted molar refractivity (Wildman–Crippen MR) is 120 cm³/mol. The summed E-state index contributed by atoms with van der Waals surface area (Å²) in [6.07, 6.45) is 4.80. The van der Waals surface area contributed by atoms with E-state index in [0.717, 1.165) is 37.0 Å². The number of ether oxygens (including phenoxy) is 1. The van der Waals surface area contributed by atoms with Crippen LogP contribution in [0.2, 0.25) is 0 Å². The van der Waals surface area contributed by atoms with Crippen LogP contribution in [0.25, 0.3) is 0 Å². The molecule has 1 atom stereocenters. The molecule has 2 aliphatic rings. The van der Waals surface area contributed by atoms with Gasteiger partial charge in [0.25, 0.3) is 0 Å². The molecule has 0 radical (unpaired) electrons. The summed E-state index contributed by atoms with van der Waals surface area (Å²) in [5, 5.41) is 3.01. The average molecular weight is 443 g/mol. The maximum Gasteiger partial charge on any atom is 0.243 e. The van der Waals surface area contributed by atoms with E-state index in [1.165, 1.54) is 5.56 Å². The summed E-state index contributed by atoms with van der Waals surface area (Å²) in [5.41, 5.74) is 2.15. The van der Waals surface area contributed by atoms with Crippen molar-refractivity contribution in [1.29, 1.82) is 0 Å². The molecule has 6 nitrogen and oxygen atoms in total. The third kappa shape index (κ3) is 5.46. The molecule has 0 spiro atoms. The zero-order valence-corrected chi connectivity index (χ0v) is 18.6. The lowest BCUT2D eigenvalue weighted by molar-refractivity contribution is -0.121. The molecule has 1 fully saturated rings. The number of sulfonamides is 1. The molecule has 1 amide bonds. The quantitative estimate of drug-likeness (QED) is 0.715. The van der Waals surface area contributed by atoms with Gasteiger partial charge in [0.15, 0.2) is 0 Å². The second kappa shape index (κ2) is 9.83. The molecule has 7 heteroatoms. The lowest BCUT2D eigenvalue weighted by atomic mass is 9.96. The number of carbonyl (C=O) groups is 1. The number of benzene rings is 2. The molecule has 2 heterocycles. The molecular weight excluding hydrogens is 412 g/mol. The number of nitrogens with zero attached hydrogens (tertiary/aromatic N) is 1. The van der Waals surface area contributed by atoms with Gasteiger partial charge in [0.1, 0.15) is 5.75 Å². The number of piperidine rings is 1. The molecule has 1 N–H and O–H groups in total. The van der Waals surface area contributed by atoms with Gasteiger partial charge in [0.05, 0.1) is 11.5 Å². The Labute approximate surface area is 184 Å². The Morgan fingerprint density at radius 1 is 1.03 bits per heavy atom. The van der Waals surface area contributed by atoms with Crippen molar-refractivity contribution in [2.45, 2.75) is 43.4 Å². The van der Waals surface area contributed by atoms with Gasteiger partial charge in [-0.3, -0.25) is 4.79 Å². The largest absolute Gasteiger partial charge is 0.493 e. The molecule has 0 bridgehead atoms. The number of fused-ring (bicyclic) bond motifs is 1. The van der Waals surface area contributed by atoms with Gasteiger partial charge < -0.3 is 10.1 Å². The van der Waals surface area contributed by atoms with Crippen LogP contribution in [0.5, 0.6) is 5.75 Å². The first-order chi connectivity index (χ1) is 15.0. The van der Waals surface area contributed by atoms with E-state index in [0.29, 0.717) is 44.0 Å². The van der Waals surface area contributed by atoms with Gasteiger partial charge in [-0.1, -0.05) is 36.8 Å². The lowest BCUT2D eigenvalue weighted by Crippen LogP contribution is -2.35. The fourth-order valence-electron chi connectivity index (χ4n) is 4.21. The van der Waals surface area contributed by atoms with Gasteiger partial charge in [-0.05, 0) is 55.0 Å². The van der Waals surface area contributed by atoms with Gasteiger partial charge in [-0.2, -0.15) is 4.31 Å². The Morgan fingerprint density at radius 3 is 2.55 bits per heavy atom. The molecule has 2 aromatic carbocycles. The van der Waals surface area contributed by atoms with Crippen molar-refractivity contribution in [2.75, 3.05) is 26.2 Å². The van der Waals surface area contributed by atoms with E-state index in [9.17, 15) is 13.2 Å². The van der Waals surface area contributed by atoms with Crippen LogP contribution in [0.1, 0.15) is 36.8 Å². The van der Waals surface area contributed by atoms with Crippen LogP contribution < -0.4 is 10.1 Å². The third-order valence-electron chi connectivity index (χ3n) is 6.06. The number of hydrogen-bond donors (Lipinski definition) is 1. The van der Waals surface area contributed by atoms with Gasteiger partial charge in [0.2, 0.25) is 15.9 Å². The number of amides is 1. The van der Waals surface area contributed by atoms with Crippen LogP contribution in [-0.4, -0.2) is 44.9 Å². The van der Waals surface area contributed by atoms with Crippen molar-refractivity contribution in [3.63, 3.8) is 0 Å². The summed E-state index contributed by atoms with van der Waals surface area (Å²) in [7, 11) is -3.41. The summed E-state index contributed by atoms with van der Waals surface area (Å²) >= 11 is 0. The predicted octanol–water partition coefficient (Wildman–Crippen LogP) is 3.16. The van der Waals surface area contributed by atoms with Crippen LogP contribution in [0.4, 0.5) is 0 Å². The summed E-state index contributed by atoms with van der Waals surface area (Å²) in [4.78, 5) is 12.6. The highest BCUT2D eigenvalue weighted by Gasteiger charge is 2.25. The summed E-state index contributed by atoms with van der Waals surface area (Å²) < 4.78 is 32.8. The monoisotopic (exact) mass is 442 g/mol. The molecule has 4 rings (SSSR count). The normalized spacial score (nSPS) is 19.3. The Kier molecular flexibility index (Phi) is 6.92. The van der Waals surface area contributed by atoms with Crippen LogP contribution in [-0.2, 0) is 27.7 Å². The van der Waals surface area contributed by atoms with E-state index in [4.69, 9.17) is 4.74 Å². The molecule has 0 aliphatic carbocycles. The smallest absolute Gasteiger partial charge is 0.243 e. The molecule has 0 aromatic heterocycles. The number of para-hydroxylation sites is 1. The van der Waals surface area contributed by atoms with Crippen molar-refractivity contribution >= 4 is 15.9 Å². The highest BCUT2D eigenvalue weighted by Crippen LogP contribution is 2.26. The Morgan fingerprint density at radius 2 is 1.77 bits per heavy atom. The van der Waals surface area contributed by atoms with Crippen molar-refractivity contribution in [3.05, 3.63) is 59.7 Å². The van der Waals surface area contributed by atoms with E-state index in [1.807, 2.05) is 30.3 Å². The molecule has 1 unspecified atom stereocenters. The first-order valence-electron chi connectivity index (χ1n) is 11.1. The Balaban J connectivity index is 1.23. The van der Waals surface area contributed by atoms with Crippen molar-refractivity contribution in [3.8, 4) is 5.75 Å². The van der Waals surface area contributed by atoms with Crippen molar-refractivity contribution < 1.29 is 17.9 Å². The fraction of sp³-hybridized carbons (Fsp3) is 0.458. The molecule has 166 valence electrons. The second-order valence-corrected chi connectivity index (χ2v) is 10.3. The SMILES string of the molecule is O=C(CCc1ccc(S(=O)(=O)N2CCCCC2)cc1)NCC1COc2ccccc2C1. The minimum absolute atomic E-state index is 0.00359. The lowest BCUT2D eigenvalue weighted by Gasteiger charge is -2.26. The van der Waals surface area contributed by atoms with E-state index in [-0.39, 0.29) is 11.8 Å². The van der Waals surface area contributed by atoms with E-state index >= 15 is 0 Å². The van der Waals surface area contributed by atoms with Gasteiger partial charge in [-0.15, -0.1) is 0 Å². The van der Waals surface area contributed by atoms with Gasteiger partial charge in [-0.25, -0.2) is 8.42 Å². The van der Waals surface area contributed by atoms with Crippen LogP contribution in [0, 0.1) is 5.92 Å². The minimum atomic E-state index is -3.41. The second-order valence-electron chi connectivity index (χ2n) is 8.40. The number of nitrogens with one attached hydrogen (secondary N) is 1. The van der Waals surface area contributed by atoms with Crippen molar-refractivity contribution in [2.24, 2.45) is 5.92 Å². The summed E-state index contributed by atoms with van der Waals surface area (Å²) in [6.45, 7) is 2.41.